The number of fused-ring (bicyclic) bond motifs is 1. The Morgan fingerprint density at radius 1 is 1.08 bits per heavy atom. The molecule has 0 aromatic heterocycles. The third kappa shape index (κ3) is 4.47. The zero-order valence-corrected chi connectivity index (χ0v) is 14.5. The summed E-state index contributed by atoms with van der Waals surface area (Å²) in [4.78, 5) is 35.5. The number of anilines is 3. The van der Waals surface area contributed by atoms with Crippen LogP contribution in [0, 0.1) is 5.92 Å². The molecule has 134 valence electrons. The van der Waals surface area contributed by atoms with Crippen molar-refractivity contribution in [2.75, 3.05) is 16.0 Å². The second-order valence-electron chi connectivity index (χ2n) is 6.40. The van der Waals surface area contributed by atoms with Crippen LogP contribution in [0.25, 0.3) is 0 Å². The highest BCUT2D eigenvalue weighted by Crippen LogP contribution is 2.27. The Bertz CT molecular complexity index is 848. The van der Waals surface area contributed by atoms with Gasteiger partial charge in [0.2, 0.25) is 17.7 Å². The van der Waals surface area contributed by atoms with E-state index in [-0.39, 0.29) is 30.1 Å². The third-order valence-corrected chi connectivity index (χ3v) is 4.30. The summed E-state index contributed by atoms with van der Waals surface area (Å²) < 4.78 is 0. The van der Waals surface area contributed by atoms with Crippen LogP contribution in [0.15, 0.2) is 48.5 Å². The largest absolute Gasteiger partial charge is 0.326 e. The molecule has 3 rings (SSSR count). The average Bonchev–Trinajstić information content (AvgIpc) is 2.59. The van der Waals surface area contributed by atoms with Gasteiger partial charge in [0.15, 0.2) is 0 Å². The Kier molecular flexibility index (Phi) is 5.31. The van der Waals surface area contributed by atoms with Crippen LogP contribution in [0.2, 0.25) is 0 Å². The van der Waals surface area contributed by atoms with Gasteiger partial charge in [0.25, 0.3) is 0 Å². The number of carbonyl (C=O) groups excluding carboxylic acids is 3. The molecule has 3 amide bonds. The average molecular weight is 351 g/mol. The van der Waals surface area contributed by atoms with Gasteiger partial charge in [-0.25, -0.2) is 0 Å². The lowest BCUT2D eigenvalue weighted by atomic mass is 9.89. The standard InChI is InChI=1S/C20H21N3O3/c1-13(24)21-16-6-4-7-17(12-16)22-19(25)10-9-15-11-14-5-2-3-8-18(14)23-20(15)26/h2-8,12,15H,9-11H2,1H3,(H,21,24)(H,22,25)(H,23,26)/t15-/m0/s1. The van der Waals surface area contributed by atoms with Gasteiger partial charge in [-0.2, -0.15) is 0 Å². The first-order valence-corrected chi connectivity index (χ1v) is 8.57. The molecule has 0 fully saturated rings. The molecule has 0 saturated heterocycles. The fourth-order valence-electron chi connectivity index (χ4n) is 3.05. The number of para-hydroxylation sites is 1. The van der Waals surface area contributed by atoms with Crippen molar-refractivity contribution in [1.82, 2.24) is 0 Å². The van der Waals surface area contributed by atoms with Gasteiger partial charge >= 0.3 is 0 Å². The molecule has 0 radical (unpaired) electrons. The number of rotatable bonds is 5. The topological polar surface area (TPSA) is 87.3 Å². The summed E-state index contributed by atoms with van der Waals surface area (Å²) in [6.07, 6.45) is 1.38. The first-order chi connectivity index (χ1) is 12.5. The molecule has 1 aliphatic rings. The molecule has 0 spiro atoms. The molecule has 0 saturated carbocycles. The molecule has 3 N–H and O–H groups in total. The summed E-state index contributed by atoms with van der Waals surface area (Å²) in [6, 6.07) is 14.7. The second kappa shape index (κ2) is 7.82. The van der Waals surface area contributed by atoms with E-state index in [9.17, 15) is 14.4 Å². The summed E-state index contributed by atoms with van der Waals surface area (Å²) in [6.45, 7) is 1.43. The van der Waals surface area contributed by atoms with Gasteiger partial charge in [0.05, 0.1) is 0 Å². The van der Waals surface area contributed by atoms with Crippen molar-refractivity contribution >= 4 is 34.8 Å². The quantitative estimate of drug-likeness (QED) is 0.773. The van der Waals surface area contributed by atoms with Gasteiger partial charge in [0, 0.05) is 36.3 Å². The van der Waals surface area contributed by atoms with Crippen LogP contribution < -0.4 is 16.0 Å². The van der Waals surface area contributed by atoms with Crippen LogP contribution in [0.5, 0.6) is 0 Å². The van der Waals surface area contributed by atoms with Crippen molar-refractivity contribution in [3.63, 3.8) is 0 Å². The van der Waals surface area contributed by atoms with E-state index in [1.54, 1.807) is 24.3 Å². The maximum Gasteiger partial charge on any atom is 0.227 e. The van der Waals surface area contributed by atoms with Crippen LogP contribution >= 0.6 is 0 Å². The molecule has 0 unspecified atom stereocenters. The highest BCUT2D eigenvalue weighted by Gasteiger charge is 2.26. The molecule has 2 aromatic carbocycles. The lowest BCUT2D eigenvalue weighted by Gasteiger charge is -2.24. The van der Waals surface area contributed by atoms with Crippen molar-refractivity contribution in [3.8, 4) is 0 Å². The molecule has 1 atom stereocenters. The highest BCUT2D eigenvalue weighted by molar-refractivity contribution is 5.97. The first kappa shape index (κ1) is 17.7. The summed E-state index contributed by atoms with van der Waals surface area (Å²) in [5.74, 6) is -0.570. The third-order valence-electron chi connectivity index (χ3n) is 4.30. The molecule has 6 heteroatoms. The van der Waals surface area contributed by atoms with Crippen molar-refractivity contribution in [2.45, 2.75) is 26.2 Å². The number of nitrogens with one attached hydrogen (secondary N) is 3. The zero-order chi connectivity index (χ0) is 18.5. The maximum atomic E-state index is 12.2. The molecular formula is C20H21N3O3. The van der Waals surface area contributed by atoms with Gasteiger partial charge < -0.3 is 16.0 Å². The van der Waals surface area contributed by atoms with Crippen LogP contribution in [-0.2, 0) is 20.8 Å². The molecule has 26 heavy (non-hydrogen) atoms. The van der Waals surface area contributed by atoms with Gasteiger partial charge in [-0.05, 0) is 42.7 Å². The Hall–Kier alpha value is -3.15. The van der Waals surface area contributed by atoms with Crippen LogP contribution in [-0.4, -0.2) is 17.7 Å². The van der Waals surface area contributed by atoms with Crippen LogP contribution in [0.3, 0.4) is 0 Å². The van der Waals surface area contributed by atoms with Gasteiger partial charge in [0.1, 0.15) is 0 Å². The van der Waals surface area contributed by atoms with E-state index in [4.69, 9.17) is 0 Å². The Morgan fingerprint density at radius 3 is 2.58 bits per heavy atom. The fourth-order valence-corrected chi connectivity index (χ4v) is 3.05. The van der Waals surface area contributed by atoms with Crippen LogP contribution in [0.4, 0.5) is 17.1 Å². The Morgan fingerprint density at radius 2 is 1.81 bits per heavy atom. The van der Waals surface area contributed by atoms with Gasteiger partial charge in [-0.15, -0.1) is 0 Å². The lowest BCUT2D eigenvalue weighted by Crippen LogP contribution is -2.30. The minimum atomic E-state index is -0.207. The predicted octanol–water partition coefficient (Wildman–Crippen LogP) is 3.17. The number of benzene rings is 2. The highest BCUT2D eigenvalue weighted by atomic mass is 16.2. The van der Waals surface area contributed by atoms with E-state index >= 15 is 0 Å². The summed E-state index contributed by atoms with van der Waals surface area (Å²) in [7, 11) is 0. The van der Waals surface area contributed by atoms with E-state index in [2.05, 4.69) is 16.0 Å². The monoisotopic (exact) mass is 351 g/mol. The molecule has 2 aromatic rings. The fraction of sp³-hybridized carbons (Fsp3) is 0.250. The summed E-state index contributed by atoms with van der Waals surface area (Å²) >= 11 is 0. The molecular weight excluding hydrogens is 330 g/mol. The van der Waals surface area contributed by atoms with E-state index in [1.165, 1.54) is 6.92 Å². The van der Waals surface area contributed by atoms with Crippen LogP contribution in [0.1, 0.15) is 25.3 Å². The molecule has 0 bridgehead atoms. The maximum absolute atomic E-state index is 12.2. The molecule has 6 nitrogen and oxygen atoms in total. The number of carbonyl (C=O) groups is 3. The van der Waals surface area contributed by atoms with E-state index in [0.717, 1.165) is 11.3 Å². The van der Waals surface area contributed by atoms with E-state index < -0.39 is 0 Å². The van der Waals surface area contributed by atoms with E-state index in [0.29, 0.717) is 24.2 Å². The SMILES string of the molecule is CC(=O)Nc1cccc(NC(=O)CC[C@H]2Cc3ccccc3NC2=O)c1. The summed E-state index contributed by atoms with van der Waals surface area (Å²) in [5, 5.41) is 8.38. The number of hydrogen-bond donors (Lipinski definition) is 3. The second-order valence-corrected chi connectivity index (χ2v) is 6.40. The van der Waals surface area contributed by atoms with Crippen molar-refractivity contribution in [2.24, 2.45) is 5.92 Å². The Labute approximate surface area is 152 Å². The minimum Gasteiger partial charge on any atom is -0.326 e. The predicted molar refractivity (Wildman–Crippen MR) is 101 cm³/mol. The number of hydrogen-bond acceptors (Lipinski definition) is 3. The Balaban J connectivity index is 1.55. The molecule has 1 heterocycles. The summed E-state index contributed by atoms with van der Waals surface area (Å²) in [5.41, 5.74) is 3.19. The molecule has 1 aliphatic heterocycles. The van der Waals surface area contributed by atoms with E-state index in [1.807, 2.05) is 24.3 Å². The number of amides is 3. The normalized spacial score (nSPS) is 15.6. The zero-order valence-electron chi connectivity index (χ0n) is 14.5. The van der Waals surface area contributed by atoms with Gasteiger partial charge in [-0.1, -0.05) is 24.3 Å². The molecule has 0 aliphatic carbocycles. The van der Waals surface area contributed by atoms with Crippen molar-refractivity contribution in [3.05, 3.63) is 54.1 Å². The van der Waals surface area contributed by atoms with Crippen molar-refractivity contribution < 1.29 is 14.4 Å². The minimum absolute atomic E-state index is 0.0378. The smallest absolute Gasteiger partial charge is 0.227 e. The van der Waals surface area contributed by atoms with Crippen molar-refractivity contribution in [1.29, 1.82) is 0 Å². The lowest BCUT2D eigenvalue weighted by molar-refractivity contribution is -0.121. The first-order valence-electron chi connectivity index (χ1n) is 8.57. The van der Waals surface area contributed by atoms with Gasteiger partial charge in [-0.3, -0.25) is 14.4 Å².